The predicted octanol–water partition coefficient (Wildman–Crippen LogP) is 6.39. The first kappa shape index (κ1) is 17.0. The van der Waals surface area contributed by atoms with Crippen LogP contribution in [0.4, 0.5) is 0 Å². The van der Waals surface area contributed by atoms with Crippen LogP contribution < -0.4 is 0 Å². The SMILES string of the molecule is C1=CCCCC1.CCCCCC.c1ccccc1. The summed E-state index contributed by atoms with van der Waals surface area (Å²) in [6.07, 6.45) is 15.5. The summed E-state index contributed by atoms with van der Waals surface area (Å²) < 4.78 is 0. The molecule has 0 saturated heterocycles. The van der Waals surface area contributed by atoms with Crippen molar-refractivity contribution in [2.24, 2.45) is 0 Å². The highest BCUT2D eigenvalue weighted by molar-refractivity contribution is 4.99. The molecule has 1 aliphatic rings. The molecule has 2 rings (SSSR count). The maximum absolute atomic E-state index is 2.27. The van der Waals surface area contributed by atoms with Crippen molar-refractivity contribution in [3.8, 4) is 0 Å². The normalized spacial score (nSPS) is 12.8. The highest BCUT2D eigenvalue weighted by Crippen LogP contribution is 2.07. The summed E-state index contributed by atoms with van der Waals surface area (Å²) in [6, 6.07) is 12.0. The van der Waals surface area contributed by atoms with E-state index in [4.69, 9.17) is 0 Å². The Kier molecular flexibility index (Phi) is 15.0. The van der Waals surface area contributed by atoms with Gasteiger partial charge in [0.05, 0.1) is 0 Å². The Morgan fingerprint density at radius 3 is 1.11 bits per heavy atom. The monoisotopic (exact) mass is 246 g/mol. The van der Waals surface area contributed by atoms with Crippen molar-refractivity contribution >= 4 is 0 Å². The van der Waals surface area contributed by atoms with Gasteiger partial charge in [0.2, 0.25) is 0 Å². The Balaban J connectivity index is 0.000000241. The molecular formula is C18H30. The van der Waals surface area contributed by atoms with E-state index in [1.807, 2.05) is 36.4 Å². The first-order valence-electron chi connectivity index (χ1n) is 7.56. The van der Waals surface area contributed by atoms with Crippen LogP contribution in [0.1, 0.15) is 65.2 Å². The lowest BCUT2D eigenvalue weighted by molar-refractivity contribution is 0.702. The zero-order chi connectivity index (χ0) is 13.3. The lowest BCUT2D eigenvalue weighted by atomic mass is 10.1. The van der Waals surface area contributed by atoms with E-state index in [2.05, 4.69) is 26.0 Å². The van der Waals surface area contributed by atoms with Crippen molar-refractivity contribution in [2.75, 3.05) is 0 Å². The van der Waals surface area contributed by atoms with Gasteiger partial charge in [0.15, 0.2) is 0 Å². The summed E-state index contributed by atoms with van der Waals surface area (Å²) in [5, 5.41) is 0. The molecule has 1 aromatic carbocycles. The van der Waals surface area contributed by atoms with Crippen LogP contribution in [0.15, 0.2) is 48.6 Å². The minimum atomic E-state index is 1.32. The van der Waals surface area contributed by atoms with Crippen molar-refractivity contribution in [1.82, 2.24) is 0 Å². The lowest BCUT2D eigenvalue weighted by Gasteiger charge is -1.97. The van der Waals surface area contributed by atoms with Gasteiger partial charge in [-0.1, -0.05) is 88.1 Å². The molecule has 0 saturated carbocycles. The van der Waals surface area contributed by atoms with E-state index in [-0.39, 0.29) is 0 Å². The van der Waals surface area contributed by atoms with Crippen LogP contribution in [-0.2, 0) is 0 Å². The first-order chi connectivity index (χ1) is 8.91. The van der Waals surface area contributed by atoms with Gasteiger partial charge in [-0.15, -0.1) is 0 Å². The van der Waals surface area contributed by atoms with Gasteiger partial charge in [0.1, 0.15) is 0 Å². The molecule has 1 aliphatic carbocycles. The number of hydrogen-bond donors (Lipinski definition) is 0. The van der Waals surface area contributed by atoms with E-state index in [1.54, 1.807) is 0 Å². The lowest BCUT2D eigenvalue weighted by Crippen LogP contribution is -1.77. The van der Waals surface area contributed by atoms with Gasteiger partial charge in [-0.2, -0.15) is 0 Å². The highest BCUT2D eigenvalue weighted by atomic mass is 13.9. The van der Waals surface area contributed by atoms with Crippen molar-refractivity contribution in [2.45, 2.75) is 65.2 Å². The Labute approximate surface area is 114 Å². The third-order valence-electron chi connectivity index (χ3n) is 2.78. The largest absolute Gasteiger partial charge is 0.0885 e. The molecule has 0 N–H and O–H groups in total. The zero-order valence-corrected chi connectivity index (χ0v) is 12.3. The molecular weight excluding hydrogens is 216 g/mol. The second-order valence-electron chi connectivity index (χ2n) is 4.62. The van der Waals surface area contributed by atoms with E-state index in [1.165, 1.54) is 51.4 Å². The molecule has 0 aromatic heterocycles. The minimum Gasteiger partial charge on any atom is -0.0885 e. The van der Waals surface area contributed by atoms with Gasteiger partial charge in [0.25, 0.3) is 0 Å². The molecule has 0 fully saturated rings. The summed E-state index contributed by atoms with van der Waals surface area (Å²) in [7, 11) is 0. The van der Waals surface area contributed by atoms with Crippen molar-refractivity contribution < 1.29 is 0 Å². The second-order valence-corrected chi connectivity index (χ2v) is 4.62. The standard InChI is InChI=1S/C6H10.C6H6.C6H14/c2*1-2-4-6-5-3-1;1-3-5-6-4-2/h1-2H,3-6H2;1-6H;3-6H2,1-2H3. The van der Waals surface area contributed by atoms with Gasteiger partial charge in [-0.05, 0) is 25.7 Å². The van der Waals surface area contributed by atoms with E-state index in [0.717, 1.165) is 0 Å². The molecule has 0 heterocycles. The minimum absolute atomic E-state index is 1.32. The maximum atomic E-state index is 2.27. The molecule has 0 spiro atoms. The average molecular weight is 246 g/mol. The van der Waals surface area contributed by atoms with Crippen molar-refractivity contribution in [1.29, 1.82) is 0 Å². The van der Waals surface area contributed by atoms with Gasteiger partial charge in [-0.25, -0.2) is 0 Å². The molecule has 102 valence electrons. The average Bonchev–Trinajstić information content (AvgIpc) is 2.50. The summed E-state index contributed by atoms with van der Waals surface area (Å²) in [5.74, 6) is 0. The molecule has 1 aromatic rings. The quantitative estimate of drug-likeness (QED) is 0.428. The van der Waals surface area contributed by atoms with Crippen molar-refractivity contribution in [3.63, 3.8) is 0 Å². The number of unbranched alkanes of at least 4 members (excludes halogenated alkanes) is 3. The van der Waals surface area contributed by atoms with Crippen LogP contribution in [0.25, 0.3) is 0 Å². The van der Waals surface area contributed by atoms with Gasteiger partial charge in [-0.3, -0.25) is 0 Å². The highest BCUT2D eigenvalue weighted by Gasteiger charge is 1.87. The molecule has 0 heteroatoms. The van der Waals surface area contributed by atoms with E-state index >= 15 is 0 Å². The van der Waals surface area contributed by atoms with Gasteiger partial charge in [0, 0.05) is 0 Å². The van der Waals surface area contributed by atoms with E-state index in [9.17, 15) is 0 Å². The summed E-state index contributed by atoms with van der Waals surface area (Å²) in [4.78, 5) is 0. The number of benzene rings is 1. The number of allylic oxidation sites excluding steroid dienone is 2. The van der Waals surface area contributed by atoms with Crippen LogP contribution in [0.2, 0.25) is 0 Å². The molecule has 0 atom stereocenters. The van der Waals surface area contributed by atoms with Crippen LogP contribution in [-0.4, -0.2) is 0 Å². The van der Waals surface area contributed by atoms with E-state index < -0.39 is 0 Å². The van der Waals surface area contributed by atoms with Crippen LogP contribution in [0.3, 0.4) is 0 Å². The molecule has 0 aliphatic heterocycles. The van der Waals surface area contributed by atoms with Crippen LogP contribution in [0.5, 0.6) is 0 Å². The number of hydrogen-bond acceptors (Lipinski definition) is 0. The third kappa shape index (κ3) is 15.0. The third-order valence-corrected chi connectivity index (χ3v) is 2.78. The van der Waals surface area contributed by atoms with Gasteiger partial charge >= 0.3 is 0 Å². The molecule has 0 radical (unpaired) electrons. The van der Waals surface area contributed by atoms with E-state index in [0.29, 0.717) is 0 Å². The number of rotatable bonds is 3. The fraction of sp³-hybridized carbons (Fsp3) is 0.556. The summed E-state index contributed by atoms with van der Waals surface area (Å²) >= 11 is 0. The Bertz CT molecular complexity index is 209. The summed E-state index contributed by atoms with van der Waals surface area (Å²) in [5.41, 5.74) is 0. The topological polar surface area (TPSA) is 0 Å². The molecule has 0 amide bonds. The predicted molar refractivity (Wildman–Crippen MR) is 83.9 cm³/mol. The van der Waals surface area contributed by atoms with Crippen molar-refractivity contribution in [3.05, 3.63) is 48.6 Å². The smallest absolute Gasteiger partial charge is 0.0351 e. The molecule has 0 unspecified atom stereocenters. The fourth-order valence-corrected chi connectivity index (χ4v) is 1.64. The molecule has 0 nitrogen and oxygen atoms in total. The summed E-state index contributed by atoms with van der Waals surface area (Å²) in [6.45, 7) is 4.46. The Morgan fingerprint density at radius 1 is 0.611 bits per heavy atom. The zero-order valence-electron chi connectivity index (χ0n) is 12.3. The van der Waals surface area contributed by atoms with Gasteiger partial charge < -0.3 is 0 Å². The van der Waals surface area contributed by atoms with Crippen LogP contribution >= 0.6 is 0 Å². The first-order valence-corrected chi connectivity index (χ1v) is 7.56. The Hall–Kier alpha value is -1.04. The van der Waals surface area contributed by atoms with Crippen LogP contribution in [0, 0.1) is 0 Å². The Morgan fingerprint density at radius 2 is 0.944 bits per heavy atom. The maximum Gasteiger partial charge on any atom is -0.0351 e. The fourth-order valence-electron chi connectivity index (χ4n) is 1.64. The molecule has 0 bridgehead atoms. The molecule has 18 heavy (non-hydrogen) atoms. The second kappa shape index (κ2) is 16.0.